The molecule has 0 atom stereocenters. The summed E-state index contributed by atoms with van der Waals surface area (Å²) in [5.74, 6) is 0.268. The topological polar surface area (TPSA) is 73.9 Å². The standard InChI is InChI=1S/C26H36N4O3/c1-4-29(5-2)17-14-27-26(32)23-19-21(12-13-24(23)30-15-7-6-8-16-30)28-25(31)20-10-9-11-22(18-20)33-3/h9-13,18-19H,4-8,14-17H2,1-3H3,(H,27,32)(H,28,31). The first-order valence-electron chi connectivity index (χ1n) is 11.9. The second kappa shape index (κ2) is 12.3. The lowest BCUT2D eigenvalue weighted by atomic mass is 10.1. The number of nitrogens with one attached hydrogen (secondary N) is 2. The number of hydrogen-bond donors (Lipinski definition) is 2. The van der Waals surface area contributed by atoms with E-state index in [0.29, 0.717) is 29.1 Å². The van der Waals surface area contributed by atoms with Crippen LogP contribution in [0.25, 0.3) is 0 Å². The smallest absolute Gasteiger partial charge is 0.255 e. The van der Waals surface area contributed by atoms with Crippen molar-refractivity contribution in [3.05, 3.63) is 53.6 Å². The number of carbonyl (C=O) groups is 2. The van der Waals surface area contributed by atoms with Gasteiger partial charge < -0.3 is 25.2 Å². The number of anilines is 2. The third kappa shape index (κ3) is 6.71. The van der Waals surface area contributed by atoms with Gasteiger partial charge in [-0.3, -0.25) is 9.59 Å². The van der Waals surface area contributed by atoms with Crippen LogP contribution in [0.5, 0.6) is 5.75 Å². The summed E-state index contributed by atoms with van der Waals surface area (Å²) in [5.41, 5.74) is 2.62. The molecule has 0 aliphatic carbocycles. The summed E-state index contributed by atoms with van der Waals surface area (Å²) in [6, 6.07) is 12.6. The molecule has 0 unspecified atom stereocenters. The second-order valence-corrected chi connectivity index (χ2v) is 8.25. The van der Waals surface area contributed by atoms with E-state index < -0.39 is 0 Å². The highest BCUT2D eigenvalue weighted by atomic mass is 16.5. The van der Waals surface area contributed by atoms with Gasteiger partial charge >= 0.3 is 0 Å². The van der Waals surface area contributed by atoms with Crippen LogP contribution in [-0.4, -0.2) is 63.1 Å². The molecule has 3 rings (SSSR count). The number of methoxy groups -OCH3 is 1. The molecule has 33 heavy (non-hydrogen) atoms. The predicted molar refractivity (Wildman–Crippen MR) is 134 cm³/mol. The van der Waals surface area contributed by atoms with Crippen molar-refractivity contribution in [1.82, 2.24) is 10.2 Å². The summed E-state index contributed by atoms with van der Waals surface area (Å²) in [6.07, 6.45) is 3.46. The Bertz CT molecular complexity index is 937. The van der Waals surface area contributed by atoms with Crippen molar-refractivity contribution in [3.8, 4) is 5.75 Å². The molecule has 2 aromatic rings. The largest absolute Gasteiger partial charge is 0.497 e. The average molecular weight is 453 g/mol. The van der Waals surface area contributed by atoms with Gasteiger partial charge in [0.15, 0.2) is 0 Å². The van der Waals surface area contributed by atoms with E-state index >= 15 is 0 Å². The lowest BCUT2D eigenvalue weighted by Gasteiger charge is -2.30. The zero-order valence-corrected chi connectivity index (χ0v) is 20.0. The van der Waals surface area contributed by atoms with E-state index in [2.05, 4.69) is 34.3 Å². The van der Waals surface area contributed by atoms with Crippen LogP contribution in [0.1, 0.15) is 53.8 Å². The SMILES string of the molecule is CCN(CC)CCNC(=O)c1cc(NC(=O)c2cccc(OC)c2)ccc1N1CCCCC1. The highest BCUT2D eigenvalue weighted by Gasteiger charge is 2.20. The normalized spacial score (nSPS) is 13.6. The molecule has 0 spiro atoms. The molecule has 1 aliphatic rings. The fourth-order valence-electron chi connectivity index (χ4n) is 4.14. The molecule has 1 saturated heterocycles. The van der Waals surface area contributed by atoms with Crippen LogP contribution in [0.15, 0.2) is 42.5 Å². The highest BCUT2D eigenvalue weighted by Crippen LogP contribution is 2.27. The summed E-state index contributed by atoms with van der Waals surface area (Å²) in [5, 5.41) is 5.99. The van der Waals surface area contributed by atoms with E-state index in [1.54, 1.807) is 37.4 Å². The molecule has 1 heterocycles. The Morgan fingerprint density at radius 3 is 2.45 bits per heavy atom. The van der Waals surface area contributed by atoms with Crippen LogP contribution >= 0.6 is 0 Å². The molecule has 2 amide bonds. The van der Waals surface area contributed by atoms with Crippen molar-refractivity contribution in [2.24, 2.45) is 0 Å². The van der Waals surface area contributed by atoms with Gasteiger partial charge in [0.2, 0.25) is 0 Å². The fourth-order valence-corrected chi connectivity index (χ4v) is 4.14. The first-order valence-corrected chi connectivity index (χ1v) is 11.9. The molecule has 1 aliphatic heterocycles. The molecule has 0 radical (unpaired) electrons. The Morgan fingerprint density at radius 1 is 1.00 bits per heavy atom. The number of likely N-dealkylation sites (N-methyl/N-ethyl adjacent to an activating group) is 1. The summed E-state index contributed by atoms with van der Waals surface area (Å²) in [7, 11) is 1.57. The van der Waals surface area contributed by atoms with Gasteiger partial charge in [-0.15, -0.1) is 0 Å². The molecule has 0 bridgehead atoms. The van der Waals surface area contributed by atoms with E-state index in [4.69, 9.17) is 4.74 Å². The number of amides is 2. The first-order chi connectivity index (χ1) is 16.0. The summed E-state index contributed by atoms with van der Waals surface area (Å²) < 4.78 is 5.22. The average Bonchev–Trinajstić information content (AvgIpc) is 2.87. The quantitative estimate of drug-likeness (QED) is 0.570. The third-order valence-electron chi connectivity index (χ3n) is 6.14. The van der Waals surface area contributed by atoms with Gasteiger partial charge in [-0.2, -0.15) is 0 Å². The van der Waals surface area contributed by atoms with E-state index in [-0.39, 0.29) is 11.8 Å². The Hall–Kier alpha value is -3.06. The Morgan fingerprint density at radius 2 is 1.76 bits per heavy atom. The molecular weight excluding hydrogens is 416 g/mol. The maximum Gasteiger partial charge on any atom is 0.255 e. The summed E-state index contributed by atoms with van der Waals surface area (Å²) in [6.45, 7) is 9.42. The third-order valence-corrected chi connectivity index (χ3v) is 6.14. The van der Waals surface area contributed by atoms with Gasteiger partial charge in [0, 0.05) is 43.1 Å². The van der Waals surface area contributed by atoms with Gasteiger partial charge in [-0.1, -0.05) is 19.9 Å². The predicted octanol–water partition coefficient (Wildman–Crippen LogP) is 4.01. The highest BCUT2D eigenvalue weighted by molar-refractivity contribution is 6.06. The number of carbonyl (C=O) groups excluding carboxylic acids is 2. The van der Waals surface area contributed by atoms with Crippen LogP contribution < -0.4 is 20.3 Å². The molecule has 7 heteroatoms. The maximum atomic E-state index is 13.2. The van der Waals surface area contributed by atoms with Gasteiger partial charge in [0.05, 0.1) is 12.7 Å². The van der Waals surface area contributed by atoms with Crippen molar-refractivity contribution in [2.75, 3.05) is 56.6 Å². The van der Waals surface area contributed by atoms with Crippen molar-refractivity contribution < 1.29 is 14.3 Å². The van der Waals surface area contributed by atoms with Crippen LogP contribution in [0, 0.1) is 0 Å². The van der Waals surface area contributed by atoms with Crippen molar-refractivity contribution in [1.29, 1.82) is 0 Å². The molecule has 2 aromatic carbocycles. The molecule has 7 nitrogen and oxygen atoms in total. The van der Waals surface area contributed by atoms with Crippen molar-refractivity contribution in [2.45, 2.75) is 33.1 Å². The number of piperidine rings is 1. The van der Waals surface area contributed by atoms with Gasteiger partial charge in [0.25, 0.3) is 11.8 Å². The molecule has 1 fully saturated rings. The van der Waals surface area contributed by atoms with Crippen LogP contribution in [0.3, 0.4) is 0 Å². The number of nitrogens with zero attached hydrogens (tertiary/aromatic N) is 2. The lowest BCUT2D eigenvalue weighted by Crippen LogP contribution is -2.36. The number of ether oxygens (including phenoxy) is 1. The van der Waals surface area contributed by atoms with Crippen molar-refractivity contribution in [3.63, 3.8) is 0 Å². The zero-order chi connectivity index (χ0) is 23.6. The lowest BCUT2D eigenvalue weighted by molar-refractivity contribution is 0.0948. The summed E-state index contributed by atoms with van der Waals surface area (Å²) in [4.78, 5) is 30.5. The second-order valence-electron chi connectivity index (χ2n) is 8.25. The van der Waals surface area contributed by atoms with Gasteiger partial charge in [-0.25, -0.2) is 0 Å². The van der Waals surface area contributed by atoms with Crippen LogP contribution in [0.2, 0.25) is 0 Å². The number of rotatable bonds is 10. The molecular formula is C26H36N4O3. The first kappa shape index (κ1) is 24.6. The van der Waals surface area contributed by atoms with Crippen LogP contribution in [0.4, 0.5) is 11.4 Å². The van der Waals surface area contributed by atoms with Gasteiger partial charge in [0.1, 0.15) is 5.75 Å². The number of hydrogen-bond acceptors (Lipinski definition) is 5. The van der Waals surface area contributed by atoms with Gasteiger partial charge in [-0.05, 0) is 68.8 Å². The van der Waals surface area contributed by atoms with E-state index in [0.717, 1.165) is 51.3 Å². The molecule has 0 aromatic heterocycles. The summed E-state index contributed by atoms with van der Waals surface area (Å²) >= 11 is 0. The minimum Gasteiger partial charge on any atom is -0.497 e. The minimum absolute atomic E-state index is 0.111. The zero-order valence-electron chi connectivity index (χ0n) is 20.0. The molecule has 2 N–H and O–H groups in total. The van der Waals surface area contributed by atoms with E-state index in [1.165, 1.54) is 6.42 Å². The van der Waals surface area contributed by atoms with E-state index in [1.807, 2.05) is 12.1 Å². The van der Waals surface area contributed by atoms with Crippen molar-refractivity contribution >= 4 is 23.2 Å². The molecule has 178 valence electrons. The maximum absolute atomic E-state index is 13.2. The Kier molecular flexibility index (Phi) is 9.13. The fraction of sp³-hybridized carbons (Fsp3) is 0.462. The minimum atomic E-state index is -0.243. The Balaban J connectivity index is 1.79. The monoisotopic (exact) mass is 452 g/mol. The Labute approximate surface area is 197 Å². The molecule has 0 saturated carbocycles. The van der Waals surface area contributed by atoms with E-state index in [9.17, 15) is 9.59 Å². The number of benzene rings is 2. The van der Waals surface area contributed by atoms with Crippen LogP contribution in [-0.2, 0) is 0 Å².